The molecule has 1 aliphatic heterocycles. The Morgan fingerprint density at radius 2 is 2.24 bits per heavy atom. The molecule has 0 amide bonds. The Balaban J connectivity index is 2.00. The van der Waals surface area contributed by atoms with E-state index in [0.29, 0.717) is 24.8 Å². The van der Waals surface area contributed by atoms with Crippen molar-refractivity contribution in [2.75, 3.05) is 6.61 Å². The molecule has 0 saturated carbocycles. The maximum absolute atomic E-state index is 12.4. The molecule has 1 heterocycles. The van der Waals surface area contributed by atoms with E-state index in [9.17, 15) is 8.78 Å². The monoisotopic (exact) mass is 363 g/mol. The van der Waals surface area contributed by atoms with Gasteiger partial charge in [0.1, 0.15) is 5.75 Å². The minimum atomic E-state index is -2.81. The lowest BCUT2D eigenvalue weighted by Gasteiger charge is -2.36. The molecule has 118 valence electrons. The van der Waals surface area contributed by atoms with Crippen molar-refractivity contribution >= 4 is 15.9 Å². The van der Waals surface area contributed by atoms with Crippen LogP contribution in [0.1, 0.15) is 32.3 Å². The number of hydrogen-bond donors (Lipinski definition) is 1. The molecule has 1 N–H and O–H groups in total. The van der Waals surface area contributed by atoms with Crippen molar-refractivity contribution in [3.05, 3.63) is 28.2 Å². The predicted octanol–water partition coefficient (Wildman–Crippen LogP) is 4.10. The van der Waals surface area contributed by atoms with Crippen LogP contribution in [0, 0.1) is 0 Å². The first-order valence-corrected chi connectivity index (χ1v) is 7.75. The third-order valence-corrected chi connectivity index (χ3v) is 4.01. The molecule has 1 aromatic rings. The van der Waals surface area contributed by atoms with Gasteiger partial charge in [-0.25, -0.2) is 0 Å². The van der Waals surface area contributed by atoms with Gasteiger partial charge >= 0.3 is 6.61 Å². The molecule has 1 fully saturated rings. The summed E-state index contributed by atoms with van der Waals surface area (Å²) in [6.07, 6.45) is 1.81. The van der Waals surface area contributed by atoms with Crippen LogP contribution in [-0.4, -0.2) is 24.9 Å². The smallest absolute Gasteiger partial charge is 0.387 e. The van der Waals surface area contributed by atoms with Crippen LogP contribution >= 0.6 is 15.9 Å². The Morgan fingerprint density at radius 1 is 1.48 bits per heavy atom. The van der Waals surface area contributed by atoms with E-state index in [0.717, 1.165) is 17.3 Å². The Morgan fingerprint density at radius 3 is 2.90 bits per heavy atom. The second-order valence-electron chi connectivity index (χ2n) is 5.81. The van der Waals surface area contributed by atoms with E-state index in [4.69, 9.17) is 4.74 Å². The molecular formula is C15H20BrF2NO2. The van der Waals surface area contributed by atoms with Crippen molar-refractivity contribution in [1.82, 2.24) is 5.32 Å². The summed E-state index contributed by atoms with van der Waals surface area (Å²) in [4.78, 5) is 0. The Bertz CT molecular complexity index is 483. The van der Waals surface area contributed by atoms with Crippen molar-refractivity contribution < 1.29 is 18.3 Å². The van der Waals surface area contributed by atoms with Gasteiger partial charge in [0.25, 0.3) is 0 Å². The van der Waals surface area contributed by atoms with Crippen LogP contribution in [0.5, 0.6) is 5.75 Å². The van der Waals surface area contributed by atoms with Gasteiger partial charge in [-0.05, 0) is 44.9 Å². The van der Waals surface area contributed by atoms with Gasteiger partial charge in [-0.3, -0.25) is 0 Å². The second kappa shape index (κ2) is 7.03. The molecule has 0 spiro atoms. The lowest BCUT2D eigenvalue weighted by Crippen LogP contribution is -2.43. The largest absolute Gasteiger partial charge is 0.434 e. The van der Waals surface area contributed by atoms with E-state index >= 15 is 0 Å². The molecule has 21 heavy (non-hydrogen) atoms. The average molecular weight is 364 g/mol. The topological polar surface area (TPSA) is 30.5 Å². The first kappa shape index (κ1) is 16.6. The van der Waals surface area contributed by atoms with Gasteiger partial charge in [0, 0.05) is 29.2 Å². The SMILES string of the molecule is CC1(C)CC(NCc2cc(Br)ccc2OC(F)F)CCO1. The third-order valence-electron chi connectivity index (χ3n) is 3.52. The van der Waals surface area contributed by atoms with Crippen LogP contribution in [0.3, 0.4) is 0 Å². The van der Waals surface area contributed by atoms with E-state index in [1.165, 1.54) is 0 Å². The average Bonchev–Trinajstić information content (AvgIpc) is 2.37. The van der Waals surface area contributed by atoms with Gasteiger partial charge in [-0.2, -0.15) is 8.78 Å². The normalized spacial score (nSPS) is 21.5. The van der Waals surface area contributed by atoms with Gasteiger partial charge in [-0.15, -0.1) is 0 Å². The van der Waals surface area contributed by atoms with E-state index in [1.807, 2.05) is 0 Å². The van der Waals surface area contributed by atoms with Crippen molar-refractivity contribution in [2.24, 2.45) is 0 Å². The minimum absolute atomic E-state index is 0.143. The standard InChI is InChI=1S/C15H20BrF2NO2/c1-15(2)8-12(5-6-20-15)19-9-10-7-11(16)3-4-13(10)21-14(17)18/h3-4,7,12,14,19H,5-6,8-9H2,1-2H3. The number of halogens is 3. The van der Waals surface area contributed by atoms with E-state index in [2.05, 4.69) is 39.8 Å². The predicted molar refractivity (Wildman–Crippen MR) is 80.7 cm³/mol. The van der Waals surface area contributed by atoms with Crippen molar-refractivity contribution in [2.45, 2.75) is 51.5 Å². The van der Waals surface area contributed by atoms with E-state index in [1.54, 1.807) is 18.2 Å². The number of alkyl halides is 2. The van der Waals surface area contributed by atoms with Gasteiger partial charge in [-0.1, -0.05) is 15.9 Å². The second-order valence-corrected chi connectivity index (χ2v) is 6.73. The Kier molecular flexibility index (Phi) is 5.57. The molecule has 1 saturated heterocycles. The zero-order valence-electron chi connectivity index (χ0n) is 12.2. The maximum atomic E-state index is 12.4. The third kappa shape index (κ3) is 5.20. The summed E-state index contributed by atoms with van der Waals surface area (Å²) >= 11 is 3.36. The summed E-state index contributed by atoms with van der Waals surface area (Å²) < 4.78 is 35.9. The van der Waals surface area contributed by atoms with Crippen LogP contribution in [0.2, 0.25) is 0 Å². The Hall–Kier alpha value is -0.720. The molecule has 6 heteroatoms. The van der Waals surface area contributed by atoms with Crippen LogP contribution in [0.4, 0.5) is 8.78 Å². The highest BCUT2D eigenvalue weighted by Crippen LogP contribution is 2.27. The number of hydrogen-bond acceptors (Lipinski definition) is 3. The first-order chi connectivity index (χ1) is 9.85. The minimum Gasteiger partial charge on any atom is -0.434 e. The molecule has 1 aromatic carbocycles. The van der Waals surface area contributed by atoms with Crippen LogP contribution < -0.4 is 10.1 Å². The molecule has 1 atom stereocenters. The fourth-order valence-corrected chi connectivity index (χ4v) is 2.97. The highest BCUT2D eigenvalue weighted by atomic mass is 79.9. The number of rotatable bonds is 5. The first-order valence-electron chi connectivity index (χ1n) is 6.96. The summed E-state index contributed by atoms with van der Waals surface area (Å²) in [5, 5.41) is 3.41. The molecule has 2 rings (SSSR count). The molecule has 0 aliphatic carbocycles. The van der Waals surface area contributed by atoms with E-state index in [-0.39, 0.29) is 11.4 Å². The lowest BCUT2D eigenvalue weighted by atomic mass is 9.94. The van der Waals surface area contributed by atoms with Crippen molar-refractivity contribution in [3.63, 3.8) is 0 Å². The van der Waals surface area contributed by atoms with Crippen LogP contribution in [-0.2, 0) is 11.3 Å². The molecule has 3 nitrogen and oxygen atoms in total. The van der Waals surface area contributed by atoms with E-state index < -0.39 is 6.61 Å². The molecule has 0 radical (unpaired) electrons. The number of nitrogens with one attached hydrogen (secondary N) is 1. The highest BCUT2D eigenvalue weighted by molar-refractivity contribution is 9.10. The highest BCUT2D eigenvalue weighted by Gasteiger charge is 2.28. The van der Waals surface area contributed by atoms with Crippen LogP contribution in [0.25, 0.3) is 0 Å². The molecular weight excluding hydrogens is 344 g/mol. The fourth-order valence-electron chi connectivity index (χ4n) is 2.56. The number of benzene rings is 1. The zero-order chi connectivity index (χ0) is 15.5. The Labute approximate surface area is 132 Å². The molecule has 1 aliphatic rings. The summed E-state index contributed by atoms with van der Waals surface area (Å²) in [6.45, 7) is 2.51. The maximum Gasteiger partial charge on any atom is 0.387 e. The van der Waals surface area contributed by atoms with Gasteiger partial charge in [0.05, 0.1) is 5.60 Å². The zero-order valence-corrected chi connectivity index (χ0v) is 13.8. The van der Waals surface area contributed by atoms with Gasteiger partial charge < -0.3 is 14.8 Å². The lowest BCUT2D eigenvalue weighted by molar-refractivity contribution is -0.0632. The number of ether oxygens (including phenoxy) is 2. The van der Waals surface area contributed by atoms with Crippen molar-refractivity contribution in [1.29, 1.82) is 0 Å². The van der Waals surface area contributed by atoms with Crippen molar-refractivity contribution in [3.8, 4) is 5.75 Å². The molecule has 0 bridgehead atoms. The van der Waals surface area contributed by atoms with Crippen LogP contribution in [0.15, 0.2) is 22.7 Å². The quantitative estimate of drug-likeness (QED) is 0.854. The summed E-state index contributed by atoms with van der Waals surface area (Å²) in [6, 6.07) is 5.36. The summed E-state index contributed by atoms with van der Waals surface area (Å²) in [5.41, 5.74) is 0.573. The summed E-state index contributed by atoms with van der Waals surface area (Å²) in [7, 11) is 0. The molecule has 1 unspecified atom stereocenters. The molecule has 0 aromatic heterocycles. The van der Waals surface area contributed by atoms with Gasteiger partial charge in [0.15, 0.2) is 0 Å². The fraction of sp³-hybridized carbons (Fsp3) is 0.600. The van der Waals surface area contributed by atoms with Gasteiger partial charge in [0.2, 0.25) is 0 Å². The summed E-state index contributed by atoms with van der Waals surface area (Å²) in [5.74, 6) is 0.215.